The van der Waals surface area contributed by atoms with Crippen molar-refractivity contribution in [1.29, 1.82) is 0 Å². The molecule has 30 heavy (non-hydrogen) atoms. The van der Waals surface area contributed by atoms with Crippen molar-refractivity contribution in [3.05, 3.63) is 59.2 Å². The number of aryl methyl sites for hydroxylation is 2. The summed E-state index contributed by atoms with van der Waals surface area (Å²) in [4.78, 5) is 16.6. The molecule has 0 saturated carbocycles. The van der Waals surface area contributed by atoms with E-state index in [4.69, 9.17) is 4.74 Å². The van der Waals surface area contributed by atoms with Crippen molar-refractivity contribution >= 4 is 11.6 Å². The lowest BCUT2D eigenvalue weighted by atomic mass is 10.1. The number of benzene rings is 2. The van der Waals surface area contributed by atoms with Crippen LogP contribution in [0.4, 0.5) is 18.9 Å². The third kappa shape index (κ3) is 5.26. The van der Waals surface area contributed by atoms with Crippen LogP contribution in [0.3, 0.4) is 0 Å². The summed E-state index contributed by atoms with van der Waals surface area (Å²) in [5.41, 5.74) is 2.01. The highest BCUT2D eigenvalue weighted by atomic mass is 19.4. The van der Waals surface area contributed by atoms with Crippen molar-refractivity contribution in [3.63, 3.8) is 0 Å². The summed E-state index contributed by atoms with van der Waals surface area (Å²) in [7, 11) is 0. The van der Waals surface area contributed by atoms with Crippen LogP contribution >= 0.6 is 0 Å². The Hall–Kier alpha value is -2.70. The first-order valence-corrected chi connectivity index (χ1v) is 10.1. The third-order valence-corrected chi connectivity index (χ3v) is 5.25. The van der Waals surface area contributed by atoms with Gasteiger partial charge in [-0.25, -0.2) is 0 Å². The number of hydrogen-bond acceptors (Lipinski definition) is 3. The predicted molar refractivity (Wildman–Crippen MR) is 111 cm³/mol. The maximum absolute atomic E-state index is 13.0. The Kier molecular flexibility index (Phi) is 6.58. The highest BCUT2D eigenvalue weighted by Crippen LogP contribution is 2.32. The van der Waals surface area contributed by atoms with Gasteiger partial charge < -0.3 is 14.5 Å². The van der Waals surface area contributed by atoms with Gasteiger partial charge in [0.25, 0.3) is 5.91 Å². The van der Waals surface area contributed by atoms with E-state index in [1.807, 2.05) is 43.9 Å². The zero-order valence-electron chi connectivity index (χ0n) is 17.5. The number of ether oxygens (including phenoxy) is 1. The molecule has 4 nitrogen and oxygen atoms in total. The van der Waals surface area contributed by atoms with E-state index in [0.717, 1.165) is 23.3 Å². The van der Waals surface area contributed by atoms with E-state index in [0.29, 0.717) is 44.0 Å². The Morgan fingerprint density at radius 2 is 1.67 bits per heavy atom. The predicted octanol–water partition coefficient (Wildman–Crippen LogP) is 4.83. The smallest absolute Gasteiger partial charge is 0.416 e. The monoisotopic (exact) mass is 420 g/mol. The van der Waals surface area contributed by atoms with Crippen molar-refractivity contribution in [3.8, 4) is 5.75 Å². The van der Waals surface area contributed by atoms with E-state index >= 15 is 0 Å². The fourth-order valence-electron chi connectivity index (χ4n) is 3.74. The number of nitrogens with zero attached hydrogens (tertiary/aromatic N) is 2. The molecule has 2 aromatic carbocycles. The highest BCUT2D eigenvalue weighted by molar-refractivity contribution is 5.81. The summed E-state index contributed by atoms with van der Waals surface area (Å²) in [6.45, 7) is 7.72. The molecule has 7 heteroatoms. The van der Waals surface area contributed by atoms with E-state index < -0.39 is 17.8 Å². The van der Waals surface area contributed by atoms with Crippen molar-refractivity contribution in [1.82, 2.24) is 4.90 Å². The first-order chi connectivity index (χ1) is 14.2. The molecule has 0 unspecified atom stereocenters. The number of anilines is 1. The van der Waals surface area contributed by atoms with Crippen molar-refractivity contribution in [2.45, 2.75) is 39.5 Å². The fourth-order valence-corrected chi connectivity index (χ4v) is 3.74. The van der Waals surface area contributed by atoms with Crippen LogP contribution in [0.2, 0.25) is 0 Å². The second kappa shape index (κ2) is 8.98. The molecule has 1 atom stereocenters. The molecule has 1 amide bonds. The van der Waals surface area contributed by atoms with Crippen LogP contribution in [0.15, 0.2) is 42.5 Å². The number of alkyl halides is 3. The molecule has 162 valence electrons. The van der Waals surface area contributed by atoms with Gasteiger partial charge in [-0.05, 0) is 61.7 Å². The van der Waals surface area contributed by atoms with Gasteiger partial charge in [0.1, 0.15) is 5.75 Å². The quantitative estimate of drug-likeness (QED) is 0.695. The van der Waals surface area contributed by atoms with Gasteiger partial charge in [-0.3, -0.25) is 4.79 Å². The van der Waals surface area contributed by atoms with Crippen LogP contribution in [-0.2, 0) is 11.0 Å². The zero-order chi connectivity index (χ0) is 21.9. The van der Waals surface area contributed by atoms with E-state index in [2.05, 4.69) is 0 Å². The van der Waals surface area contributed by atoms with E-state index in [9.17, 15) is 18.0 Å². The number of halogens is 3. The van der Waals surface area contributed by atoms with Gasteiger partial charge in [-0.1, -0.05) is 19.1 Å². The van der Waals surface area contributed by atoms with Gasteiger partial charge in [-0.2, -0.15) is 13.2 Å². The van der Waals surface area contributed by atoms with Crippen LogP contribution in [0.5, 0.6) is 5.75 Å². The van der Waals surface area contributed by atoms with Crippen LogP contribution < -0.4 is 9.64 Å². The van der Waals surface area contributed by atoms with Crippen molar-refractivity contribution in [2.75, 3.05) is 31.1 Å². The highest BCUT2D eigenvalue weighted by Gasteiger charge is 2.32. The van der Waals surface area contributed by atoms with Gasteiger partial charge in [-0.15, -0.1) is 0 Å². The average Bonchev–Trinajstić information content (AvgIpc) is 2.70. The number of amides is 1. The summed E-state index contributed by atoms with van der Waals surface area (Å²) in [5, 5.41) is 0. The Morgan fingerprint density at radius 3 is 2.23 bits per heavy atom. The normalized spacial score (nSPS) is 15.8. The Morgan fingerprint density at radius 1 is 1.03 bits per heavy atom. The minimum Gasteiger partial charge on any atom is -0.481 e. The van der Waals surface area contributed by atoms with E-state index in [-0.39, 0.29) is 5.91 Å². The molecular weight excluding hydrogens is 393 g/mol. The number of carbonyl (C=O) groups excluding carboxylic acids is 1. The van der Waals surface area contributed by atoms with Crippen molar-refractivity contribution < 1.29 is 22.7 Å². The van der Waals surface area contributed by atoms with Crippen LogP contribution in [-0.4, -0.2) is 43.1 Å². The van der Waals surface area contributed by atoms with Crippen LogP contribution in [0.1, 0.15) is 30.0 Å². The minimum absolute atomic E-state index is 0.0830. The first-order valence-electron chi connectivity index (χ1n) is 10.1. The topological polar surface area (TPSA) is 32.8 Å². The molecule has 3 rings (SSSR count). The summed E-state index contributed by atoms with van der Waals surface area (Å²) in [5.74, 6) is 0.593. The molecule has 1 aliphatic rings. The third-order valence-electron chi connectivity index (χ3n) is 5.25. The maximum atomic E-state index is 13.0. The SMILES string of the molecule is CC[C@@H](Oc1cc(C)cc(C)c1)C(=O)N1CCN(c2cccc(C(F)(F)F)c2)CC1. The van der Waals surface area contributed by atoms with Gasteiger partial charge in [0.2, 0.25) is 0 Å². The minimum atomic E-state index is -4.37. The summed E-state index contributed by atoms with van der Waals surface area (Å²) in [6, 6.07) is 11.2. The van der Waals surface area contributed by atoms with Gasteiger partial charge >= 0.3 is 6.18 Å². The average molecular weight is 420 g/mol. The zero-order valence-corrected chi connectivity index (χ0v) is 17.5. The molecule has 2 aromatic rings. The lowest BCUT2D eigenvalue weighted by Crippen LogP contribution is -2.52. The molecule has 1 aliphatic heterocycles. The van der Waals surface area contributed by atoms with Gasteiger partial charge in [0.05, 0.1) is 5.56 Å². The number of rotatable bonds is 5. The Labute approximate surface area is 175 Å². The molecule has 0 radical (unpaired) electrons. The van der Waals surface area contributed by atoms with Gasteiger partial charge in [0.15, 0.2) is 6.10 Å². The molecule has 1 fully saturated rings. The fraction of sp³-hybridized carbons (Fsp3) is 0.435. The molecule has 0 aromatic heterocycles. The number of piperazine rings is 1. The van der Waals surface area contributed by atoms with Crippen molar-refractivity contribution in [2.24, 2.45) is 0 Å². The summed E-state index contributed by atoms with van der Waals surface area (Å²) in [6.07, 6.45) is -4.40. The molecule has 0 bridgehead atoms. The second-order valence-corrected chi connectivity index (χ2v) is 7.70. The molecule has 1 saturated heterocycles. The summed E-state index contributed by atoms with van der Waals surface area (Å²) < 4.78 is 44.9. The van der Waals surface area contributed by atoms with E-state index in [1.165, 1.54) is 6.07 Å². The lowest BCUT2D eigenvalue weighted by molar-refractivity contribution is -0.139. The molecule has 0 aliphatic carbocycles. The number of hydrogen-bond donors (Lipinski definition) is 0. The second-order valence-electron chi connectivity index (χ2n) is 7.70. The molecule has 0 spiro atoms. The van der Waals surface area contributed by atoms with E-state index in [1.54, 1.807) is 11.0 Å². The first kappa shape index (κ1) is 22.0. The number of carbonyl (C=O) groups is 1. The molecule has 0 N–H and O–H groups in total. The largest absolute Gasteiger partial charge is 0.481 e. The Bertz CT molecular complexity index is 870. The maximum Gasteiger partial charge on any atom is 0.416 e. The molecular formula is C23H27F3N2O2. The van der Waals surface area contributed by atoms with Crippen LogP contribution in [0.25, 0.3) is 0 Å². The molecule has 1 heterocycles. The lowest BCUT2D eigenvalue weighted by Gasteiger charge is -2.37. The van der Waals surface area contributed by atoms with Crippen LogP contribution in [0, 0.1) is 13.8 Å². The summed E-state index contributed by atoms with van der Waals surface area (Å²) >= 11 is 0. The van der Waals surface area contributed by atoms with Gasteiger partial charge in [0, 0.05) is 31.9 Å². The Balaban J connectivity index is 1.63. The standard InChI is InChI=1S/C23H27F3N2O2/c1-4-21(30-20-13-16(2)12-17(3)14-20)22(29)28-10-8-27(9-11-28)19-7-5-6-18(15-19)23(24,25)26/h5-7,12-15,21H,4,8-11H2,1-3H3/t21-/m1/s1.